The van der Waals surface area contributed by atoms with E-state index in [1.807, 2.05) is 0 Å². The third kappa shape index (κ3) is 13.5. The molecule has 0 radical (unpaired) electrons. The van der Waals surface area contributed by atoms with Crippen LogP contribution in [0.5, 0.6) is 0 Å². The summed E-state index contributed by atoms with van der Waals surface area (Å²) in [6.07, 6.45) is 21.4. The van der Waals surface area contributed by atoms with Gasteiger partial charge in [0.05, 0.1) is 18.6 Å². The van der Waals surface area contributed by atoms with E-state index >= 15 is 0 Å². The van der Waals surface area contributed by atoms with E-state index < -0.39 is 17.4 Å². The van der Waals surface area contributed by atoms with Crippen LogP contribution >= 0.6 is 0 Å². The van der Waals surface area contributed by atoms with E-state index in [9.17, 15) is 14.7 Å². The summed E-state index contributed by atoms with van der Waals surface area (Å²) >= 11 is 0. The topological polar surface area (TPSA) is 99.5 Å². The Labute approximate surface area is 314 Å². The number of carboxylic acid groups (broad SMARTS) is 2. The van der Waals surface area contributed by atoms with Gasteiger partial charge in [-0.25, -0.2) is 0 Å². The van der Waals surface area contributed by atoms with Crippen molar-refractivity contribution in [2.45, 2.75) is 233 Å². The highest BCUT2D eigenvalue weighted by Crippen LogP contribution is 2.58. The van der Waals surface area contributed by atoms with E-state index in [0.29, 0.717) is 26.1 Å². The maximum atomic E-state index is 14.1. The highest BCUT2D eigenvalue weighted by molar-refractivity contribution is 5.76. The first-order valence-corrected chi connectivity index (χ1v) is 21.2. The number of carbonyl (C=O) groups is 2. The number of carboxylic acids is 2. The minimum Gasteiger partial charge on any atom is -0.481 e. The SMILES string of the molecule is CCCCCCCCON1C(C)(C)CC(C(CCCCCCCC(=O)O)(C(=O)O)C2CC(C)(C)N(OCCCCCCC)C(C)(C)C2)CC1(C)C. The zero-order valence-electron chi connectivity index (χ0n) is 35.0. The van der Waals surface area contributed by atoms with Crippen molar-refractivity contribution in [1.82, 2.24) is 10.1 Å². The van der Waals surface area contributed by atoms with Crippen LogP contribution in [-0.4, -0.2) is 67.6 Å². The molecule has 1 atom stereocenters. The summed E-state index contributed by atoms with van der Waals surface area (Å²) in [5, 5.41) is 25.1. The molecule has 0 spiro atoms. The van der Waals surface area contributed by atoms with E-state index in [0.717, 1.165) is 64.2 Å². The number of hydrogen-bond donors (Lipinski definition) is 2. The third-order valence-electron chi connectivity index (χ3n) is 12.2. The fourth-order valence-corrected chi connectivity index (χ4v) is 10.3. The van der Waals surface area contributed by atoms with Crippen molar-refractivity contribution < 1.29 is 29.5 Å². The summed E-state index contributed by atoms with van der Waals surface area (Å²) in [4.78, 5) is 38.4. The number of hydroxylamine groups is 4. The molecule has 2 aliphatic rings. The second kappa shape index (κ2) is 21.0. The first kappa shape index (κ1) is 45.9. The van der Waals surface area contributed by atoms with E-state index in [1.54, 1.807) is 0 Å². The lowest BCUT2D eigenvalue weighted by Gasteiger charge is -2.61. The molecule has 2 fully saturated rings. The van der Waals surface area contributed by atoms with Gasteiger partial charge in [-0.05, 0) is 119 Å². The third-order valence-corrected chi connectivity index (χ3v) is 12.2. The molecule has 0 aromatic heterocycles. The Morgan fingerprint density at radius 2 is 0.882 bits per heavy atom. The molecule has 0 aromatic carbocycles. The second-order valence-electron chi connectivity index (χ2n) is 18.9. The van der Waals surface area contributed by atoms with Gasteiger partial charge < -0.3 is 10.2 Å². The summed E-state index contributed by atoms with van der Waals surface area (Å²) in [6, 6.07) is 0. The van der Waals surface area contributed by atoms with Gasteiger partial charge in [-0.1, -0.05) is 97.3 Å². The van der Waals surface area contributed by atoms with Crippen LogP contribution in [0, 0.1) is 17.3 Å². The maximum absolute atomic E-state index is 14.1. The Morgan fingerprint density at radius 3 is 1.24 bits per heavy atom. The lowest BCUT2D eigenvalue weighted by Crippen LogP contribution is -2.67. The first-order chi connectivity index (χ1) is 23.9. The van der Waals surface area contributed by atoms with Gasteiger partial charge in [-0.2, -0.15) is 10.1 Å². The number of nitrogens with zero attached hydrogens (tertiary/aromatic N) is 2. The largest absolute Gasteiger partial charge is 0.481 e. The molecule has 2 saturated heterocycles. The van der Waals surface area contributed by atoms with Gasteiger partial charge in [0.2, 0.25) is 0 Å². The van der Waals surface area contributed by atoms with Gasteiger partial charge >= 0.3 is 11.9 Å². The molecule has 0 aliphatic carbocycles. The maximum Gasteiger partial charge on any atom is 0.310 e. The molecule has 0 amide bonds. The molecule has 2 aliphatic heterocycles. The Morgan fingerprint density at radius 1 is 0.549 bits per heavy atom. The Hall–Kier alpha value is -1.22. The first-order valence-electron chi connectivity index (χ1n) is 21.2. The Balaban J connectivity index is 2.35. The monoisotopic (exact) mass is 723 g/mol. The van der Waals surface area contributed by atoms with Crippen molar-refractivity contribution in [1.29, 1.82) is 0 Å². The van der Waals surface area contributed by atoms with Gasteiger partial charge in [-0.15, -0.1) is 0 Å². The van der Waals surface area contributed by atoms with Crippen LogP contribution in [0.25, 0.3) is 0 Å². The molecule has 2 heterocycles. The predicted octanol–water partition coefficient (Wildman–Crippen LogP) is 11.6. The van der Waals surface area contributed by atoms with Crippen molar-refractivity contribution in [2.24, 2.45) is 17.3 Å². The smallest absolute Gasteiger partial charge is 0.310 e. The molecule has 0 aromatic rings. The van der Waals surface area contributed by atoms with Crippen LogP contribution in [-0.2, 0) is 19.3 Å². The van der Waals surface area contributed by atoms with Crippen molar-refractivity contribution >= 4 is 11.9 Å². The highest BCUT2D eigenvalue weighted by Gasteiger charge is 2.61. The fourth-order valence-electron chi connectivity index (χ4n) is 10.3. The molecular formula is C43H82N2O6. The van der Waals surface area contributed by atoms with Crippen molar-refractivity contribution in [3.05, 3.63) is 0 Å². The average Bonchev–Trinajstić information content (AvgIpc) is 3.00. The molecule has 2 N–H and O–H groups in total. The highest BCUT2D eigenvalue weighted by atomic mass is 16.7. The molecule has 8 nitrogen and oxygen atoms in total. The lowest BCUT2D eigenvalue weighted by atomic mass is 9.52. The minimum atomic E-state index is -0.887. The summed E-state index contributed by atoms with van der Waals surface area (Å²) in [7, 11) is 0. The van der Waals surface area contributed by atoms with Crippen LogP contribution in [0.4, 0.5) is 0 Å². The number of rotatable bonds is 26. The van der Waals surface area contributed by atoms with Crippen LogP contribution in [0.15, 0.2) is 0 Å². The van der Waals surface area contributed by atoms with Gasteiger partial charge in [0.15, 0.2) is 0 Å². The Kier molecular flexibility index (Phi) is 18.9. The standard InChI is InChI=1S/C43H82N2O6/c1-11-13-15-17-22-26-30-51-45-41(7,8)33-36(34-42(45,9)10)43(38(48)49,28-24-20-18-19-23-27-37(46)47)35-31-39(3,4)44(40(5,6)32-35)50-29-25-21-16-14-12-2/h35-36H,11-34H2,1-10H3,(H,46,47)(H,48,49). The van der Waals surface area contributed by atoms with Crippen molar-refractivity contribution in [2.75, 3.05) is 13.2 Å². The minimum absolute atomic E-state index is 0.0106. The van der Waals surface area contributed by atoms with Crippen LogP contribution in [0.1, 0.15) is 210 Å². The molecule has 0 bridgehead atoms. The summed E-state index contributed by atoms with van der Waals surface area (Å²) in [5.74, 6) is -1.41. The molecule has 51 heavy (non-hydrogen) atoms. The fraction of sp³-hybridized carbons (Fsp3) is 0.953. The number of hydrogen-bond acceptors (Lipinski definition) is 6. The Bertz CT molecular complexity index is 990. The van der Waals surface area contributed by atoms with E-state index in [2.05, 4.69) is 79.4 Å². The van der Waals surface area contributed by atoms with E-state index in [1.165, 1.54) is 57.8 Å². The van der Waals surface area contributed by atoms with Crippen LogP contribution in [0.3, 0.4) is 0 Å². The van der Waals surface area contributed by atoms with Gasteiger partial charge in [0.1, 0.15) is 0 Å². The van der Waals surface area contributed by atoms with Gasteiger partial charge in [0.25, 0.3) is 0 Å². The molecule has 300 valence electrons. The summed E-state index contributed by atoms with van der Waals surface area (Å²) in [6.45, 7) is 23.9. The van der Waals surface area contributed by atoms with E-state index in [4.69, 9.17) is 14.8 Å². The molecule has 2 rings (SSSR count). The molecule has 0 saturated carbocycles. The number of piperidine rings is 2. The lowest BCUT2D eigenvalue weighted by molar-refractivity contribution is -0.307. The van der Waals surface area contributed by atoms with Gasteiger partial charge in [0, 0.05) is 28.6 Å². The second-order valence-corrected chi connectivity index (χ2v) is 18.9. The molecule has 8 heteroatoms. The quantitative estimate of drug-likeness (QED) is 0.0851. The van der Waals surface area contributed by atoms with Crippen molar-refractivity contribution in [3.63, 3.8) is 0 Å². The average molecular weight is 723 g/mol. The zero-order chi connectivity index (χ0) is 38.3. The van der Waals surface area contributed by atoms with Crippen LogP contribution < -0.4 is 0 Å². The van der Waals surface area contributed by atoms with Crippen LogP contribution in [0.2, 0.25) is 0 Å². The number of unbranched alkanes of at least 4 members (excludes halogenated alkanes) is 13. The summed E-state index contributed by atoms with van der Waals surface area (Å²) < 4.78 is 0. The van der Waals surface area contributed by atoms with Crippen molar-refractivity contribution in [3.8, 4) is 0 Å². The molecular weight excluding hydrogens is 640 g/mol. The normalized spacial score (nSPS) is 22.2. The molecule has 1 unspecified atom stereocenters. The number of aliphatic carboxylic acids is 2. The predicted molar refractivity (Wildman–Crippen MR) is 210 cm³/mol. The van der Waals surface area contributed by atoms with Gasteiger partial charge in [-0.3, -0.25) is 19.3 Å². The van der Waals surface area contributed by atoms with E-state index in [-0.39, 0.29) is 40.4 Å². The zero-order valence-corrected chi connectivity index (χ0v) is 35.0. The summed E-state index contributed by atoms with van der Waals surface area (Å²) in [5.41, 5.74) is -2.17.